The minimum atomic E-state index is 0.0868. The van der Waals surface area contributed by atoms with Crippen LogP contribution in [0.1, 0.15) is 58.8 Å². The lowest BCUT2D eigenvalue weighted by atomic mass is 9.99. The van der Waals surface area contributed by atoms with Crippen molar-refractivity contribution in [3.63, 3.8) is 0 Å². The highest BCUT2D eigenvalue weighted by atomic mass is 16.5. The third kappa shape index (κ3) is 4.90. The van der Waals surface area contributed by atoms with E-state index in [1.165, 1.54) is 24.0 Å². The lowest BCUT2D eigenvalue weighted by Gasteiger charge is -2.15. The van der Waals surface area contributed by atoms with Crippen molar-refractivity contribution in [1.29, 1.82) is 0 Å². The molecule has 0 aromatic heterocycles. The fourth-order valence-electron chi connectivity index (χ4n) is 3.19. The molecule has 0 unspecified atom stereocenters. The zero-order valence-corrected chi connectivity index (χ0v) is 15.0. The predicted octanol–water partition coefficient (Wildman–Crippen LogP) is 5.39. The predicted molar refractivity (Wildman–Crippen MR) is 103 cm³/mol. The van der Waals surface area contributed by atoms with Crippen molar-refractivity contribution in [2.75, 3.05) is 6.61 Å². The molecule has 0 aliphatic carbocycles. The number of benzene rings is 2. The molecule has 2 nitrogen and oxygen atoms in total. The maximum Gasteiger partial charge on any atom is 0.188 e. The Bertz CT molecular complexity index is 741. The summed E-state index contributed by atoms with van der Waals surface area (Å²) in [5.74, 6) is 0.0868. The highest BCUT2D eigenvalue weighted by Gasteiger charge is 2.16. The Morgan fingerprint density at radius 3 is 2.60 bits per heavy atom. The summed E-state index contributed by atoms with van der Waals surface area (Å²) in [6.45, 7) is 2.94. The van der Waals surface area contributed by atoms with Crippen molar-refractivity contribution in [2.45, 2.75) is 45.6 Å². The summed E-state index contributed by atoms with van der Waals surface area (Å²) < 4.78 is 5.30. The first-order chi connectivity index (χ1) is 12.3. The molecule has 1 heterocycles. The third-order valence-electron chi connectivity index (χ3n) is 4.75. The van der Waals surface area contributed by atoms with E-state index in [0.29, 0.717) is 6.61 Å². The molecule has 2 aromatic carbocycles. The van der Waals surface area contributed by atoms with Gasteiger partial charge in [0.15, 0.2) is 5.78 Å². The molecule has 2 heteroatoms. The van der Waals surface area contributed by atoms with E-state index < -0.39 is 0 Å². The average Bonchev–Trinajstić information content (AvgIpc) is 2.65. The van der Waals surface area contributed by atoms with Gasteiger partial charge in [0.05, 0.1) is 6.61 Å². The van der Waals surface area contributed by atoms with Crippen LogP contribution in [0.4, 0.5) is 0 Å². The van der Waals surface area contributed by atoms with Gasteiger partial charge in [0.1, 0.15) is 6.61 Å². The van der Waals surface area contributed by atoms with Crippen LogP contribution in [-0.2, 0) is 24.2 Å². The van der Waals surface area contributed by atoms with Crippen molar-refractivity contribution in [2.24, 2.45) is 0 Å². The first-order valence-electron chi connectivity index (χ1n) is 9.24. The number of Topliss-reactive ketones (excluding diaryl/α,β-unsaturated/α-hetero) is 1. The van der Waals surface area contributed by atoms with E-state index in [2.05, 4.69) is 49.4 Å². The van der Waals surface area contributed by atoms with E-state index >= 15 is 0 Å². The number of hydrogen-bond acceptors (Lipinski definition) is 2. The summed E-state index contributed by atoms with van der Waals surface area (Å²) in [5, 5.41) is 0. The number of carbonyl (C=O) groups excluding carboxylic acids is 1. The summed E-state index contributed by atoms with van der Waals surface area (Å²) in [6, 6.07) is 15.0. The zero-order valence-electron chi connectivity index (χ0n) is 15.0. The molecule has 25 heavy (non-hydrogen) atoms. The molecule has 130 valence electrons. The number of rotatable bonds is 7. The summed E-state index contributed by atoms with van der Waals surface area (Å²) in [4.78, 5) is 11.7. The topological polar surface area (TPSA) is 26.3 Å². The van der Waals surface area contributed by atoms with E-state index in [0.717, 1.165) is 36.0 Å². The quantitative estimate of drug-likeness (QED) is 0.635. The van der Waals surface area contributed by atoms with Gasteiger partial charge < -0.3 is 4.74 Å². The van der Waals surface area contributed by atoms with E-state index in [1.807, 2.05) is 12.1 Å². The highest BCUT2D eigenvalue weighted by molar-refractivity contribution is 5.99. The Morgan fingerprint density at radius 2 is 1.80 bits per heavy atom. The van der Waals surface area contributed by atoms with Crippen LogP contribution in [-0.4, -0.2) is 12.4 Å². The molecule has 0 radical (unpaired) electrons. The Balaban J connectivity index is 1.43. The number of hydrogen-bond donors (Lipinski definition) is 0. The molecular weight excluding hydrogens is 308 g/mol. The number of allylic oxidation sites excluding steroid dienone is 1. The van der Waals surface area contributed by atoms with Crippen LogP contribution >= 0.6 is 0 Å². The van der Waals surface area contributed by atoms with Crippen molar-refractivity contribution in [1.82, 2.24) is 0 Å². The van der Waals surface area contributed by atoms with Gasteiger partial charge in [0.2, 0.25) is 0 Å². The Labute approximate surface area is 150 Å². The normalized spacial score (nSPS) is 14.0. The summed E-state index contributed by atoms with van der Waals surface area (Å²) in [6.07, 6.45) is 10.1. The molecular formula is C23H26O2. The van der Waals surface area contributed by atoms with E-state index in [1.54, 1.807) is 0 Å². The van der Waals surface area contributed by atoms with Crippen LogP contribution in [0.3, 0.4) is 0 Å². The van der Waals surface area contributed by atoms with Crippen molar-refractivity contribution < 1.29 is 9.53 Å². The number of fused-ring (bicyclic) bond motifs is 1. The van der Waals surface area contributed by atoms with Gasteiger partial charge in [-0.15, -0.1) is 0 Å². The monoisotopic (exact) mass is 334 g/mol. The Hall–Kier alpha value is -2.19. The van der Waals surface area contributed by atoms with Gasteiger partial charge in [-0.1, -0.05) is 55.5 Å². The van der Waals surface area contributed by atoms with Gasteiger partial charge in [-0.05, 0) is 60.4 Å². The van der Waals surface area contributed by atoms with Crippen LogP contribution in [0, 0.1) is 0 Å². The third-order valence-corrected chi connectivity index (χ3v) is 4.75. The van der Waals surface area contributed by atoms with E-state index in [-0.39, 0.29) is 12.4 Å². The first-order valence-corrected chi connectivity index (χ1v) is 9.24. The van der Waals surface area contributed by atoms with E-state index in [4.69, 9.17) is 4.74 Å². The lowest BCUT2D eigenvalue weighted by Crippen LogP contribution is -2.17. The molecule has 0 fully saturated rings. The number of ether oxygens (including phenoxy) is 1. The molecule has 0 saturated carbocycles. The van der Waals surface area contributed by atoms with Crippen LogP contribution in [0.2, 0.25) is 0 Å². The zero-order chi connectivity index (χ0) is 17.5. The molecule has 0 bridgehead atoms. The molecule has 0 saturated heterocycles. The van der Waals surface area contributed by atoms with Gasteiger partial charge in [-0.25, -0.2) is 0 Å². The molecule has 0 spiro atoms. The number of carbonyl (C=O) groups is 1. The second-order valence-corrected chi connectivity index (χ2v) is 6.65. The molecule has 2 aromatic rings. The number of aryl methyl sites for hydroxylation is 2. The van der Waals surface area contributed by atoms with E-state index in [9.17, 15) is 4.79 Å². The van der Waals surface area contributed by atoms with Gasteiger partial charge >= 0.3 is 0 Å². The smallest absolute Gasteiger partial charge is 0.188 e. The summed E-state index contributed by atoms with van der Waals surface area (Å²) >= 11 is 0. The van der Waals surface area contributed by atoms with Crippen molar-refractivity contribution in [3.05, 3.63) is 76.4 Å². The first kappa shape index (κ1) is 17.6. The van der Waals surface area contributed by atoms with Gasteiger partial charge in [0.25, 0.3) is 0 Å². The Morgan fingerprint density at radius 1 is 1.00 bits per heavy atom. The molecule has 0 N–H and O–H groups in total. The minimum absolute atomic E-state index is 0.0868. The fourth-order valence-corrected chi connectivity index (χ4v) is 3.19. The van der Waals surface area contributed by atoms with Gasteiger partial charge in [-0.3, -0.25) is 4.79 Å². The van der Waals surface area contributed by atoms with Crippen LogP contribution in [0.15, 0.2) is 48.5 Å². The van der Waals surface area contributed by atoms with Gasteiger partial charge in [-0.2, -0.15) is 0 Å². The fraction of sp³-hybridized carbons (Fsp3) is 0.348. The summed E-state index contributed by atoms with van der Waals surface area (Å²) in [7, 11) is 0. The molecule has 0 atom stereocenters. The van der Waals surface area contributed by atoms with Crippen LogP contribution in [0.25, 0.3) is 6.08 Å². The molecule has 1 aliphatic rings. The van der Waals surface area contributed by atoms with Crippen molar-refractivity contribution in [3.8, 4) is 0 Å². The number of ketones is 1. The molecule has 3 rings (SSSR count). The van der Waals surface area contributed by atoms with Crippen LogP contribution in [0.5, 0.6) is 0 Å². The maximum atomic E-state index is 11.7. The summed E-state index contributed by atoms with van der Waals surface area (Å²) in [5.41, 5.74) is 5.81. The average molecular weight is 334 g/mol. The van der Waals surface area contributed by atoms with Crippen LogP contribution < -0.4 is 0 Å². The standard InChI is InChI=1S/C23H26O2/c1-2-18-9-11-19(12-10-18)7-5-3-4-6-8-20-13-14-22-21(15-20)16-25-17-23(22)24/h6,8-15H,2-5,7,16-17H2,1H3. The second kappa shape index (κ2) is 8.77. The molecule has 1 aliphatic heterocycles. The van der Waals surface area contributed by atoms with Crippen molar-refractivity contribution >= 4 is 11.9 Å². The largest absolute Gasteiger partial charge is 0.369 e. The SMILES string of the molecule is CCc1ccc(CCCCC=Cc2ccc3c(c2)COCC3=O)cc1. The maximum absolute atomic E-state index is 11.7. The number of unbranched alkanes of at least 4 members (excludes halogenated alkanes) is 2. The Kier molecular flexibility index (Phi) is 6.19. The minimum Gasteiger partial charge on any atom is -0.369 e. The molecule has 0 amide bonds. The highest BCUT2D eigenvalue weighted by Crippen LogP contribution is 2.19. The van der Waals surface area contributed by atoms with Gasteiger partial charge in [0, 0.05) is 5.56 Å². The second-order valence-electron chi connectivity index (χ2n) is 6.65. The lowest BCUT2D eigenvalue weighted by molar-refractivity contribution is 0.0665.